The van der Waals surface area contributed by atoms with Crippen molar-refractivity contribution in [3.05, 3.63) is 23.3 Å². The molecule has 1 nitrogen and oxygen atoms in total. The van der Waals surface area contributed by atoms with Gasteiger partial charge in [0, 0.05) is 16.9 Å². The average Bonchev–Trinajstić information content (AvgIpc) is 1.83. The minimum Gasteiger partial charge on any atom is -0.268 e. The van der Waals surface area contributed by atoms with Gasteiger partial charge in [-0.15, -0.1) is 0 Å². The first-order valence-corrected chi connectivity index (χ1v) is 3.06. The highest BCUT2D eigenvalue weighted by molar-refractivity contribution is 9.11. The molecule has 0 rings (SSSR count). The lowest BCUT2D eigenvalue weighted by atomic mass is 10.6. The number of rotatable bonds is 2. The zero-order valence-corrected chi connectivity index (χ0v) is 6.35. The molecule has 0 fully saturated rings. The maximum absolute atomic E-state index is 3.84. The highest BCUT2D eigenvalue weighted by Crippen LogP contribution is 2.03. The normalized spacial score (nSPS) is 12.5. The molecule has 0 aliphatic rings. The molecule has 0 aromatic heterocycles. The van der Waals surface area contributed by atoms with E-state index in [4.69, 9.17) is 0 Å². The Morgan fingerprint density at radius 2 is 2.38 bits per heavy atom. The van der Waals surface area contributed by atoms with Crippen LogP contribution in [0.2, 0.25) is 0 Å². The van der Waals surface area contributed by atoms with Crippen molar-refractivity contribution in [2.75, 3.05) is 0 Å². The predicted molar refractivity (Wildman–Crippen MR) is 41.4 cm³/mol. The molecule has 0 atom stereocenters. The van der Waals surface area contributed by atoms with Crippen LogP contribution >= 0.6 is 15.9 Å². The first-order valence-electron chi connectivity index (χ1n) is 2.27. The summed E-state index contributed by atoms with van der Waals surface area (Å²) in [4.78, 5) is 3.84. The summed E-state index contributed by atoms with van der Waals surface area (Å²) in [7, 11) is 0. The zero-order valence-electron chi connectivity index (χ0n) is 4.76. The average molecular weight is 174 g/mol. The van der Waals surface area contributed by atoms with Gasteiger partial charge in [0.1, 0.15) is 0 Å². The third kappa shape index (κ3) is 3.81. The van der Waals surface area contributed by atoms with Crippen molar-refractivity contribution in [2.24, 2.45) is 4.99 Å². The number of aliphatic imine (C=N–C) groups is 1. The van der Waals surface area contributed by atoms with Gasteiger partial charge in [-0.3, -0.25) is 4.99 Å². The Hall–Kier alpha value is -0.370. The van der Waals surface area contributed by atoms with Gasteiger partial charge in [-0.05, 0) is 22.9 Å². The van der Waals surface area contributed by atoms with E-state index in [1.165, 1.54) is 0 Å². The van der Waals surface area contributed by atoms with E-state index < -0.39 is 0 Å². The number of nitrogens with zero attached hydrogens (tertiary/aromatic N) is 1. The topological polar surface area (TPSA) is 12.4 Å². The van der Waals surface area contributed by atoms with Crippen LogP contribution in [0.5, 0.6) is 0 Å². The maximum Gasteiger partial charge on any atom is 0.0405 e. The Bertz CT molecular complexity index is 124. The number of halogens is 1. The maximum atomic E-state index is 3.84. The molecular formula is C6H8BrN. The van der Waals surface area contributed by atoms with Gasteiger partial charge in [-0.2, -0.15) is 0 Å². The van der Waals surface area contributed by atoms with E-state index in [-0.39, 0.29) is 0 Å². The van der Waals surface area contributed by atoms with Gasteiger partial charge in [0.05, 0.1) is 0 Å². The second-order valence-corrected chi connectivity index (χ2v) is 2.04. The zero-order chi connectivity index (χ0) is 6.41. The molecule has 0 aromatic carbocycles. The molecule has 0 aromatic rings. The van der Waals surface area contributed by atoms with Gasteiger partial charge in [0.25, 0.3) is 0 Å². The highest BCUT2D eigenvalue weighted by Gasteiger charge is 1.74. The largest absolute Gasteiger partial charge is 0.268 e. The molecule has 2 heteroatoms. The third-order valence-corrected chi connectivity index (χ3v) is 1.07. The standard InChI is InChI=1S/C6H8BrN/c1-3-6(7)5-8-4-2/h3-5H,1H2,2H3/b6-5+,8-4?. The van der Waals surface area contributed by atoms with Crippen molar-refractivity contribution < 1.29 is 0 Å². The van der Waals surface area contributed by atoms with Crippen LogP contribution in [0.25, 0.3) is 0 Å². The molecule has 0 unspecified atom stereocenters. The van der Waals surface area contributed by atoms with Crippen molar-refractivity contribution in [3.8, 4) is 0 Å². The van der Waals surface area contributed by atoms with Crippen LogP contribution in [-0.4, -0.2) is 6.21 Å². The van der Waals surface area contributed by atoms with Gasteiger partial charge in [-0.25, -0.2) is 0 Å². The summed E-state index contributed by atoms with van der Waals surface area (Å²) in [6.45, 7) is 5.39. The minimum atomic E-state index is 0.899. The molecule has 0 heterocycles. The lowest BCUT2D eigenvalue weighted by molar-refractivity contribution is 1.57. The second kappa shape index (κ2) is 4.78. The van der Waals surface area contributed by atoms with Crippen molar-refractivity contribution in [1.82, 2.24) is 0 Å². The van der Waals surface area contributed by atoms with Gasteiger partial charge in [0.2, 0.25) is 0 Å². The monoisotopic (exact) mass is 173 g/mol. The van der Waals surface area contributed by atoms with Crippen LogP contribution in [0.4, 0.5) is 0 Å². The Kier molecular flexibility index (Phi) is 4.56. The first kappa shape index (κ1) is 7.63. The van der Waals surface area contributed by atoms with Crippen LogP contribution in [0.1, 0.15) is 6.92 Å². The first-order chi connectivity index (χ1) is 3.81. The Morgan fingerprint density at radius 3 is 2.75 bits per heavy atom. The van der Waals surface area contributed by atoms with Crippen LogP contribution < -0.4 is 0 Å². The molecule has 0 saturated carbocycles. The summed E-state index contributed by atoms with van der Waals surface area (Å²) in [5.74, 6) is 0. The third-order valence-electron chi connectivity index (χ3n) is 0.542. The quantitative estimate of drug-likeness (QED) is 0.450. The summed E-state index contributed by atoms with van der Waals surface area (Å²) >= 11 is 3.21. The SMILES string of the molecule is C=C/C(Br)=C\N=CC. The predicted octanol–water partition coefficient (Wildman–Crippen LogP) is 2.50. The summed E-state index contributed by atoms with van der Waals surface area (Å²) in [5, 5.41) is 0. The fraction of sp³-hybridized carbons (Fsp3) is 0.167. The van der Waals surface area contributed by atoms with E-state index in [0.717, 1.165) is 4.48 Å². The van der Waals surface area contributed by atoms with E-state index in [9.17, 15) is 0 Å². The van der Waals surface area contributed by atoms with Crippen molar-refractivity contribution in [2.45, 2.75) is 6.92 Å². The number of hydrogen-bond donors (Lipinski definition) is 0. The number of allylic oxidation sites excluding steroid dienone is 2. The van der Waals surface area contributed by atoms with Crippen LogP contribution in [0.15, 0.2) is 28.3 Å². The van der Waals surface area contributed by atoms with E-state index in [1.54, 1.807) is 18.5 Å². The van der Waals surface area contributed by atoms with Crippen LogP contribution in [0.3, 0.4) is 0 Å². The van der Waals surface area contributed by atoms with Crippen molar-refractivity contribution in [1.29, 1.82) is 0 Å². The van der Waals surface area contributed by atoms with Gasteiger partial charge in [-0.1, -0.05) is 12.7 Å². The molecule has 0 spiro atoms. The van der Waals surface area contributed by atoms with Gasteiger partial charge < -0.3 is 0 Å². The van der Waals surface area contributed by atoms with Gasteiger partial charge in [0.15, 0.2) is 0 Å². The Labute approximate surface area is 57.9 Å². The van der Waals surface area contributed by atoms with Crippen LogP contribution in [0, 0.1) is 0 Å². The van der Waals surface area contributed by atoms with E-state index in [0.29, 0.717) is 0 Å². The highest BCUT2D eigenvalue weighted by atomic mass is 79.9. The molecule has 0 aliphatic carbocycles. The summed E-state index contributed by atoms with van der Waals surface area (Å²) < 4.78 is 0.899. The summed E-state index contributed by atoms with van der Waals surface area (Å²) in [6.07, 6.45) is 5.09. The van der Waals surface area contributed by atoms with E-state index in [1.807, 2.05) is 6.92 Å². The fourth-order valence-electron chi connectivity index (χ4n) is 0.198. The molecule has 44 valence electrons. The van der Waals surface area contributed by atoms with Gasteiger partial charge >= 0.3 is 0 Å². The Balaban J connectivity index is 3.74. The molecule has 0 saturated heterocycles. The Morgan fingerprint density at radius 1 is 1.75 bits per heavy atom. The molecule has 0 aliphatic heterocycles. The lowest BCUT2D eigenvalue weighted by Crippen LogP contribution is -1.58. The summed E-state index contributed by atoms with van der Waals surface area (Å²) in [6, 6.07) is 0. The summed E-state index contributed by atoms with van der Waals surface area (Å²) in [5.41, 5.74) is 0. The lowest BCUT2D eigenvalue weighted by Gasteiger charge is -1.78. The molecule has 0 radical (unpaired) electrons. The molecule has 8 heavy (non-hydrogen) atoms. The van der Waals surface area contributed by atoms with Crippen LogP contribution in [-0.2, 0) is 0 Å². The van der Waals surface area contributed by atoms with E-state index >= 15 is 0 Å². The molecule has 0 bridgehead atoms. The van der Waals surface area contributed by atoms with E-state index in [2.05, 4.69) is 27.5 Å². The number of hydrogen-bond acceptors (Lipinski definition) is 1. The second-order valence-electron chi connectivity index (χ2n) is 1.13. The fourth-order valence-corrected chi connectivity index (χ4v) is 0.317. The van der Waals surface area contributed by atoms with Crippen molar-refractivity contribution in [3.63, 3.8) is 0 Å². The molecular weight excluding hydrogens is 166 g/mol. The minimum absolute atomic E-state index is 0.899. The molecule has 0 amide bonds. The smallest absolute Gasteiger partial charge is 0.0405 e. The molecule has 0 N–H and O–H groups in total. The van der Waals surface area contributed by atoms with Crippen molar-refractivity contribution >= 4 is 22.1 Å².